The maximum atomic E-state index is 11.7. The summed E-state index contributed by atoms with van der Waals surface area (Å²) in [6.07, 6.45) is 2.70. The van der Waals surface area contributed by atoms with Crippen molar-refractivity contribution in [2.45, 2.75) is 6.54 Å². The molecule has 0 radical (unpaired) electrons. The molecule has 0 spiro atoms. The number of nitrogens with zero attached hydrogens (tertiary/aromatic N) is 2. The Hall–Kier alpha value is -2.14. The van der Waals surface area contributed by atoms with Gasteiger partial charge in [-0.25, -0.2) is 4.98 Å². The number of nitrogens with one attached hydrogen (secondary N) is 1. The van der Waals surface area contributed by atoms with Gasteiger partial charge in [-0.1, -0.05) is 17.7 Å². The summed E-state index contributed by atoms with van der Waals surface area (Å²) in [6, 6.07) is 8.09. The molecule has 1 amide bonds. The van der Waals surface area contributed by atoms with E-state index < -0.39 is 0 Å². The van der Waals surface area contributed by atoms with Gasteiger partial charge in [0, 0.05) is 23.0 Å². The second kappa shape index (κ2) is 5.46. The lowest BCUT2D eigenvalue weighted by Crippen LogP contribution is -2.26. The van der Waals surface area contributed by atoms with E-state index in [9.17, 15) is 9.59 Å². The van der Waals surface area contributed by atoms with Crippen LogP contribution in [0.3, 0.4) is 0 Å². The summed E-state index contributed by atoms with van der Waals surface area (Å²) < 4.78 is 1.22. The Labute approximate surface area is 108 Å². The summed E-state index contributed by atoms with van der Waals surface area (Å²) in [4.78, 5) is 26.9. The van der Waals surface area contributed by atoms with Gasteiger partial charge in [0.05, 0.1) is 6.33 Å². The lowest BCUT2D eigenvalue weighted by atomic mass is 10.3. The van der Waals surface area contributed by atoms with E-state index in [4.69, 9.17) is 11.6 Å². The Kier molecular flexibility index (Phi) is 3.74. The largest absolute Gasteiger partial charge is 0.324 e. The molecular formula is C12H10ClN3O2. The van der Waals surface area contributed by atoms with E-state index in [0.29, 0.717) is 10.7 Å². The van der Waals surface area contributed by atoms with Crippen molar-refractivity contribution < 1.29 is 4.79 Å². The Morgan fingerprint density at radius 2 is 2.22 bits per heavy atom. The van der Waals surface area contributed by atoms with Gasteiger partial charge < -0.3 is 5.32 Å². The number of carbonyl (C=O) groups is 1. The van der Waals surface area contributed by atoms with Gasteiger partial charge in [0.15, 0.2) is 0 Å². The van der Waals surface area contributed by atoms with E-state index in [2.05, 4.69) is 10.3 Å². The average Bonchev–Trinajstić information content (AvgIpc) is 2.32. The molecule has 5 nitrogen and oxygen atoms in total. The second-order valence-corrected chi connectivity index (χ2v) is 4.04. The van der Waals surface area contributed by atoms with Gasteiger partial charge in [-0.3, -0.25) is 14.2 Å². The molecule has 0 unspecified atom stereocenters. The SMILES string of the molecule is O=C(Cn1cnccc1=O)Nc1cccc(Cl)c1. The zero-order valence-corrected chi connectivity index (χ0v) is 10.1. The summed E-state index contributed by atoms with van der Waals surface area (Å²) in [7, 11) is 0. The molecule has 0 saturated heterocycles. The summed E-state index contributed by atoms with van der Waals surface area (Å²) in [5, 5.41) is 3.18. The monoisotopic (exact) mass is 263 g/mol. The number of anilines is 1. The molecule has 0 saturated carbocycles. The lowest BCUT2D eigenvalue weighted by molar-refractivity contribution is -0.116. The van der Waals surface area contributed by atoms with Gasteiger partial charge in [-0.15, -0.1) is 0 Å². The van der Waals surface area contributed by atoms with Crippen LogP contribution in [0.2, 0.25) is 5.02 Å². The Bertz CT molecular complexity index is 624. The van der Waals surface area contributed by atoms with Crippen molar-refractivity contribution in [3.8, 4) is 0 Å². The quantitative estimate of drug-likeness (QED) is 0.913. The van der Waals surface area contributed by atoms with E-state index in [1.54, 1.807) is 24.3 Å². The molecule has 92 valence electrons. The number of carbonyl (C=O) groups excluding carboxylic acids is 1. The topological polar surface area (TPSA) is 64.0 Å². The molecular weight excluding hydrogens is 254 g/mol. The van der Waals surface area contributed by atoms with E-state index in [-0.39, 0.29) is 18.0 Å². The van der Waals surface area contributed by atoms with Crippen LogP contribution in [0.4, 0.5) is 5.69 Å². The van der Waals surface area contributed by atoms with Crippen LogP contribution in [0.1, 0.15) is 0 Å². The first-order chi connectivity index (χ1) is 8.65. The maximum absolute atomic E-state index is 11.7. The number of aromatic nitrogens is 2. The average molecular weight is 264 g/mol. The van der Waals surface area contributed by atoms with Gasteiger partial charge in [0.25, 0.3) is 5.56 Å². The first-order valence-corrected chi connectivity index (χ1v) is 5.59. The molecule has 1 aromatic heterocycles. The Balaban J connectivity index is 2.06. The number of amides is 1. The minimum atomic E-state index is -0.313. The second-order valence-electron chi connectivity index (χ2n) is 3.60. The molecule has 0 aliphatic carbocycles. The molecule has 2 rings (SSSR count). The highest BCUT2D eigenvalue weighted by Crippen LogP contribution is 2.14. The van der Waals surface area contributed by atoms with Crippen LogP contribution in [-0.4, -0.2) is 15.5 Å². The summed E-state index contributed by atoms with van der Waals surface area (Å²) in [5.41, 5.74) is 0.315. The van der Waals surface area contributed by atoms with Crippen LogP contribution in [0.25, 0.3) is 0 Å². The number of benzene rings is 1. The predicted octanol–water partition coefficient (Wildman–Crippen LogP) is 1.54. The first kappa shape index (κ1) is 12.3. The fourth-order valence-corrected chi connectivity index (χ4v) is 1.61. The number of hydrogen-bond acceptors (Lipinski definition) is 3. The fourth-order valence-electron chi connectivity index (χ4n) is 1.42. The van der Waals surface area contributed by atoms with Crippen molar-refractivity contribution in [2.75, 3.05) is 5.32 Å². The molecule has 18 heavy (non-hydrogen) atoms. The third-order valence-corrected chi connectivity index (χ3v) is 2.45. The van der Waals surface area contributed by atoms with Crippen LogP contribution >= 0.6 is 11.6 Å². The van der Waals surface area contributed by atoms with Crippen LogP contribution in [0.15, 0.2) is 47.7 Å². The van der Waals surface area contributed by atoms with Gasteiger partial charge in [-0.05, 0) is 18.2 Å². The van der Waals surface area contributed by atoms with E-state index in [0.717, 1.165) is 0 Å². The molecule has 1 N–H and O–H groups in total. The smallest absolute Gasteiger partial charge is 0.253 e. The molecule has 0 atom stereocenters. The van der Waals surface area contributed by atoms with Gasteiger partial charge in [-0.2, -0.15) is 0 Å². The summed E-state index contributed by atoms with van der Waals surface area (Å²) >= 11 is 5.80. The molecule has 1 aromatic carbocycles. The number of halogens is 1. The highest BCUT2D eigenvalue weighted by atomic mass is 35.5. The number of hydrogen-bond donors (Lipinski definition) is 1. The van der Waals surface area contributed by atoms with Gasteiger partial charge >= 0.3 is 0 Å². The molecule has 0 fully saturated rings. The fraction of sp³-hybridized carbons (Fsp3) is 0.0833. The Morgan fingerprint density at radius 3 is 2.94 bits per heavy atom. The highest BCUT2D eigenvalue weighted by Gasteiger charge is 2.04. The highest BCUT2D eigenvalue weighted by molar-refractivity contribution is 6.30. The predicted molar refractivity (Wildman–Crippen MR) is 68.6 cm³/mol. The molecule has 0 aliphatic rings. The number of rotatable bonds is 3. The van der Waals surface area contributed by atoms with Crippen molar-refractivity contribution in [1.29, 1.82) is 0 Å². The maximum Gasteiger partial charge on any atom is 0.253 e. The minimum absolute atomic E-state index is 0.0841. The van der Waals surface area contributed by atoms with E-state index in [1.165, 1.54) is 23.2 Å². The zero-order valence-electron chi connectivity index (χ0n) is 9.34. The lowest BCUT2D eigenvalue weighted by Gasteiger charge is -2.06. The zero-order chi connectivity index (χ0) is 13.0. The van der Waals surface area contributed by atoms with E-state index in [1.807, 2.05) is 0 Å². The minimum Gasteiger partial charge on any atom is -0.324 e. The standard InChI is InChI=1S/C12H10ClN3O2/c13-9-2-1-3-10(6-9)15-11(17)7-16-8-14-5-4-12(16)18/h1-6,8H,7H2,(H,15,17). The van der Waals surface area contributed by atoms with Crippen molar-refractivity contribution in [3.63, 3.8) is 0 Å². The third kappa shape index (κ3) is 3.18. The summed E-state index contributed by atoms with van der Waals surface area (Å²) in [6.45, 7) is -0.0841. The molecule has 0 bridgehead atoms. The van der Waals surface area contributed by atoms with Crippen molar-refractivity contribution in [2.24, 2.45) is 0 Å². The molecule has 6 heteroatoms. The van der Waals surface area contributed by atoms with Crippen LogP contribution < -0.4 is 10.9 Å². The van der Waals surface area contributed by atoms with Crippen molar-refractivity contribution >= 4 is 23.2 Å². The first-order valence-electron chi connectivity index (χ1n) is 5.21. The van der Waals surface area contributed by atoms with E-state index >= 15 is 0 Å². The summed E-state index contributed by atoms with van der Waals surface area (Å²) in [5.74, 6) is -0.313. The molecule has 1 heterocycles. The van der Waals surface area contributed by atoms with Crippen LogP contribution in [0.5, 0.6) is 0 Å². The molecule has 0 aliphatic heterocycles. The van der Waals surface area contributed by atoms with Crippen LogP contribution in [-0.2, 0) is 11.3 Å². The molecule has 2 aromatic rings. The van der Waals surface area contributed by atoms with Crippen molar-refractivity contribution in [3.05, 3.63) is 58.2 Å². The third-order valence-electron chi connectivity index (χ3n) is 2.21. The normalized spacial score (nSPS) is 10.1. The van der Waals surface area contributed by atoms with Gasteiger partial charge in [0.2, 0.25) is 5.91 Å². The van der Waals surface area contributed by atoms with Gasteiger partial charge in [0.1, 0.15) is 6.54 Å². The van der Waals surface area contributed by atoms with Crippen molar-refractivity contribution in [1.82, 2.24) is 9.55 Å². The Morgan fingerprint density at radius 1 is 1.39 bits per heavy atom. The van der Waals surface area contributed by atoms with Crippen LogP contribution in [0, 0.1) is 0 Å².